The number of aryl methyl sites for hydroxylation is 1. The maximum absolute atomic E-state index is 11.3. The Labute approximate surface area is 115 Å². The third-order valence-electron chi connectivity index (χ3n) is 2.60. The number of hydrogen-bond acceptors (Lipinski definition) is 5. The molecular formula is C13H15N3O2S. The van der Waals surface area contributed by atoms with Crippen LogP contribution in [0.15, 0.2) is 30.5 Å². The van der Waals surface area contributed by atoms with Gasteiger partial charge in [0.05, 0.1) is 6.20 Å². The Morgan fingerprint density at radius 1 is 1.42 bits per heavy atom. The van der Waals surface area contributed by atoms with Crippen LogP contribution in [0.2, 0.25) is 0 Å². The highest BCUT2D eigenvalue weighted by Crippen LogP contribution is 2.17. The molecule has 1 aromatic heterocycles. The maximum atomic E-state index is 11.3. The second-order valence-electron chi connectivity index (χ2n) is 3.88. The quantitative estimate of drug-likeness (QED) is 0.497. The third-order valence-corrected chi connectivity index (χ3v) is 3.57. The molecule has 0 saturated heterocycles. The molecule has 0 bridgehead atoms. The fraction of sp³-hybridized carbons (Fsp3) is 0.231. The van der Waals surface area contributed by atoms with Crippen molar-refractivity contribution in [3.8, 4) is 5.75 Å². The van der Waals surface area contributed by atoms with E-state index in [1.807, 2.05) is 24.3 Å². The van der Waals surface area contributed by atoms with Crippen molar-refractivity contribution < 1.29 is 9.53 Å². The van der Waals surface area contributed by atoms with Gasteiger partial charge in [0.1, 0.15) is 22.2 Å². The van der Waals surface area contributed by atoms with E-state index in [4.69, 9.17) is 10.6 Å². The maximum Gasteiger partial charge on any atom is 0.276 e. The number of rotatable bonds is 5. The van der Waals surface area contributed by atoms with Crippen LogP contribution in [0, 0.1) is 0 Å². The first-order valence-corrected chi connectivity index (χ1v) is 6.72. The molecule has 5 nitrogen and oxygen atoms in total. The van der Waals surface area contributed by atoms with Crippen LogP contribution in [0.5, 0.6) is 5.75 Å². The van der Waals surface area contributed by atoms with Crippen LogP contribution in [0.1, 0.15) is 27.2 Å². The number of thiazole rings is 1. The van der Waals surface area contributed by atoms with Crippen LogP contribution in [0.25, 0.3) is 0 Å². The highest BCUT2D eigenvalue weighted by molar-refractivity contribution is 7.13. The minimum Gasteiger partial charge on any atom is -0.486 e. The molecule has 3 N–H and O–H groups in total. The number of nitrogens with two attached hydrogens (primary N) is 1. The molecule has 2 aromatic rings. The van der Waals surface area contributed by atoms with Gasteiger partial charge in [-0.2, -0.15) is 0 Å². The summed E-state index contributed by atoms with van der Waals surface area (Å²) in [5, 5.41) is 0.734. The van der Waals surface area contributed by atoms with E-state index in [0.29, 0.717) is 11.5 Å². The van der Waals surface area contributed by atoms with E-state index in [1.165, 1.54) is 23.1 Å². The molecule has 100 valence electrons. The van der Waals surface area contributed by atoms with E-state index in [9.17, 15) is 4.79 Å². The molecule has 19 heavy (non-hydrogen) atoms. The van der Waals surface area contributed by atoms with Gasteiger partial charge < -0.3 is 4.74 Å². The van der Waals surface area contributed by atoms with Crippen LogP contribution in [-0.4, -0.2) is 10.9 Å². The minimum atomic E-state index is -0.337. The van der Waals surface area contributed by atoms with Gasteiger partial charge in [0.25, 0.3) is 5.91 Å². The van der Waals surface area contributed by atoms with Crippen LogP contribution in [0.3, 0.4) is 0 Å². The molecule has 0 saturated carbocycles. The van der Waals surface area contributed by atoms with Crippen molar-refractivity contribution in [3.63, 3.8) is 0 Å². The number of ether oxygens (including phenoxy) is 1. The van der Waals surface area contributed by atoms with Crippen molar-refractivity contribution >= 4 is 17.2 Å². The van der Waals surface area contributed by atoms with E-state index in [1.54, 1.807) is 0 Å². The predicted octanol–water partition coefficient (Wildman–Crippen LogP) is 1.89. The summed E-state index contributed by atoms with van der Waals surface area (Å²) in [4.78, 5) is 15.9. The van der Waals surface area contributed by atoms with Gasteiger partial charge in [-0.15, -0.1) is 11.3 Å². The Morgan fingerprint density at radius 2 is 2.16 bits per heavy atom. The van der Waals surface area contributed by atoms with E-state index in [0.717, 1.165) is 17.2 Å². The zero-order valence-electron chi connectivity index (χ0n) is 10.6. The largest absolute Gasteiger partial charge is 0.486 e. The molecule has 0 aliphatic heterocycles. The number of nitrogens with zero attached hydrogens (tertiary/aromatic N) is 1. The lowest BCUT2D eigenvalue weighted by Crippen LogP contribution is -2.29. The highest BCUT2D eigenvalue weighted by Gasteiger charge is 2.09. The average Bonchev–Trinajstić information content (AvgIpc) is 2.93. The Kier molecular flexibility index (Phi) is 4.48. The number of hydrogen-bond donors (Lipinski definition) is 2. The summed E-state index contributed by atoms with van der Waals surface area (Å²) in [5.74, 6) is 5.51. The summed E-state index contributed by atoms with van der Waals surface area (Å²) in [6.07, 6.45) is 2.50. The summed E-state index contributed by atoms with van der Waals surface area (Å²) < 4.78 is 5.60. The molecule has 0 aliphatic carbocycles. The third kappa shape index (κ3) is 3.52. The lowest BCUT2D eigenvalue weighted by molar-refractivity contribution is 0.0957. The Bertz CT molecular complexity index is 551. The fourth-order valence-electron chi connectivity index (χ4n) is 1.52. The predicted molar refractivity (Wildman–Crippen MR) is 73.9 cm³/mol. The van der Waals surface area contributed by atoms with Crippen molar-refractivity contribution in [3.05, 3.63) is 45.9 Å². The molecule has 1 aromatic carbocycles. The second kappa shape index (κ2) is 6.31. The Hall–Kier alpha value is -1.92. The van der Waals surface area contributed by atoms with E-state index >= 15 is 0 Å². The van der Waals surface area contributed by atoms with Gasteiger partial charge in [0.15, 0.2) is 0 Å². The monoisotopic (exact) mass is 277 g/mol. The van der Waals surface area contributed by atoms with Gasteiger partial charge >= 0.3 is 0 Å². The normalized spacial score (nSPS) is 10.2. The number of nitrogens with one attached hydrogen (secondary N) is 1. The van der Waals surface area contributed by atoms with Crippen molar-refractivity contribution in [2.75, 3.05) is 0 Å². The van der Waals surface area contributed by atoms with E-state index in [-0.39, 0.29) is 5.91 Å². The van der Waals surface area contributed by atoms with Crippen LogP contribution in [0.4, 0.5) is 0 Å². The molecular weight excluding hydrogens is 262 g/mol. The van der Waals surface area contributed by atoms with Gasteiger partial charge in [0, 0.05) is 0 Å². The average molecular weight is 277 g/mol. The Balaban J connectivity index is 1.94. The summed E-state index contributed by atoms with van der Waals surface area (Å²) in [7, 11) is 0. The van der Waals surface area contributed by atoms with Gasteiger partial charge in [-0.25, -0.2) is 10.8 Å². The van der Waals surface area contributed by atoms with Gasteiger partial charge in [0.2, 0.25) is 0 Å². The zero-order chi connectivity index (χ0) is 13.7. The molecule has 0 radical (unpaired) electrons. The molecule has 2 rings (SSSR count). The number of carbonyl (C=O) groups is 1. The minimum absolute atomic E-state index is 0.337. The smallest absolute Gasteiger partial charge is 0.276 e. The number of benzene rings is 1. The van der Waals surface area contributed by atoms with Gasteiger partial charge in [-0.1, -0.05) is 19.1 Å². The molecule has 0 aliphatic rings. The molecule has 0 unspecified atom stereocenters. The summed E-state index contributed by atoms with van der Waals surface area (Å²) in [5.41, 5.74) is 3.34. The first-order chi connectivity index (χ1) is 9.22. The molecule has 0 spiro atoms. The molecule has 1 amide bonds. The van der Waals surface area contributed by atoms with Gasteiger partial charge in [-0.3, -0.25) is 10.2 Å². The second-order valence-corrected chi connectivity index (χ2v) is 4.99. The first kappa shape index (κ1) is 13.5. The summed E-state index contributed by atoms with van der Waals surface area (Å²) >= 11 is 1.26. The first-order valence-electron chi connectivity index (χ1n) is 5.90. The summed E-state index contributed by atoms with van der Waals surface area (Å²) in [6.45, 7) is 2.45. The number of nitrogen functional groups attached to an aromatic ring is 1. The van der Waals surface area contributed by atoms with E-state index < -0.39 is 0 Å². The highest BCUT2D eigenvalue weighted by atomic mass is 32.1. The van der Waals surface area contributed by atoms with Crippen molar-refractivity contribution in [1.29, 1.82) is 0 Å². The lowest BCUT2D eigenvalue weighted by Gasteiger charge is -2.04. The molecule has 6 heteroatoms. The lowest BCUT2D eigenvalue weighted by atomic mass is 10.2. The van der Waals surface area contributed by atoms with Crippen molar-refractivity contribution in [2.45, 2.75) is 20.0 Å². The number of amides is 1. The Morgan fingerprint density at radius 3 is 2.79 bits per heavy atom. The SMILES string of the molecule is CCc1ccc(OCc2ncc(C(=O)NN)s2)cc1. The number of carbonyl (C=O) groups excluding carboxylic acids is 1. The number of hydrazine groups is 1. The topological polar surface area (TPSA) is 77.2 Å². The van der Waals surface area contributed by atoms with Crippen LogP contribution in [-0.2, 0) is 13.0 Å². The van der Waals surface area contributed by atoms with E-state index in [2.05, 4.69) is 17.3 Å². The molecule has 0 fully saturated rings. The fourth-order valence-corrected chi connectivity index (χ4v) is 2.25. The molecule has 0 atom stereocenters. The van der Waals surface area contributed by atoms with Crippen LogP contribution >= 0.6 is 11.3 Å². The summed E-state index contributed by atoms with van der Waals surface area (Å²) in [6, 6.07) is 7.93. The van der Waals surface area contributed by atoms with Crippen LogP contribution < -0.4 is 16.0 Å². The van der Waals surface area contributed by atoms with Crippen molar-refractivity contribution in [2.24, 2.45) is 5.84 Å². The standard InChI is InChI=1S/C13H15N3O2S/c1-2-9-3-5-10(6-4-9)18-8-12-15-7-11(19-12)13(17)16-14/h3-7H,2,8,14H2,1H3,(H,16,17). The molecule has 1 heterocycles. The van der Waals surface area contributed by atoms with Crippen molar-refractivity contribution in [1.82, 2.24) is 10.4 Å². The number of aromatic nitrogens is 1. The van der Waals surface area contributed by atoms with Gasteiger partial charge in [-0.05, 0) is 24.1 Å². The zero-order valence-corrected chi connectivity index (χ0v) is 11.4.